The van der Waals surface area contributed by atoms with Gasteiger partial charge >= 0.3 is 0 Å². The van der Waals surface area contributed by atoms with Crippen LogP contribution in [-0.2, 0) is 23.1 Å². The van der Waals surface area contributed by atoms with Crippen LogP contribution < -0.4 is 15.8 Å². The van der Waals surface area contributed by atoms with Gasteiger partial charge in [0, 0.05) is 18.5 Å². The van der Waals surface area contributed by atoms with Gasteiger partial charge in [-0.2, -0.15) is 11.3 Å². The molecular weight excluding hydrogens is 328 g/mol. The molecule has 0 atom stereocenters. The number of aliphatic imine (C=N–C) groups is 1. The molecule has 0 saturated carbocycles. The van der Waals surface area contributed by atoms with Crippen LogP contribution in [0.3, 0.4) is 0 Å². The zero-order chi connectivity index (χ0) is 15.3. The van der Waals surface area contributed by atoms with Crippen molar-refractivity contribution in [3.63, 3.8) is 0 Å². The van der Waals surface area contributed by atoms with Crippen LogP contribution in [0.25, 0.3) is 0 Å². The van der Waals surface area contributed by atoms with E-state index in [1.165, 1.54) is 11.6 Å². The van der Waals surface area contributed by atoms with E-state index >= 15 is 0 Å². The Morgan fingerprint density at radius 1 is 1.29 bits per heavy atom. The van der Waals surface area contributed by atoms with Crippen molar-refractivity contribution in [2.24, 2.45) is 10.1 Å². The molecule has 0 radical (unpaired) electrons. The Morgan fingerprint density at radius 2 is 2.05 bits per heavy atom. The van der Waals surface area contributed by atoms with Crippen molar-refractivity contribution in [1.29, 1.82) is 0 Å². The quantitative estimate of drug-likeness (QED) is 0.563. The van der Waals surface area contributed by atoms with E-state index < -0.39 is 10.0 Å². The summed E-state index contributed by atoms with van der Waals surface area (Å²) >= 11 is 2.80. The van der Waals surface area contributed by atoms with Gasteiger partial charge in [-0.15, -0.1) is 11.3 Å². The van der Waals surface area contributed by atoms with E-state index in [2.05, 4.69) is 21.0 Å². The number of primary sulfonamides is 1. The summed E-state index contributed by atoms with van der Waals surface area (Å²) in [7, 11) is -1.93. The molecule has 0 fully saturated rings. The van der Waals surface area contributed by atoms with E-state index in [0.717, 1.165) is 16.2 Å². The van der Waals surface area contributed by atoms with Gasteiger partial charge in [0.15, 0.2) is 5.96 Å². The Morgan fingerprint density at radius 3 is 2.62 bits per heavy atom. The van der Waals surface area contributed by atoms with Crippen molar-refractivity contribution in [3.8, 4) is 0 Å². The fraction of sp³-hybridized carbons (Fsp3) is 0.250. The molecule has 2 aromatic rings. The standard InChI is InChI=1S/C12H16N4O2S3/c1-14-12(15-6-9-4-5-19-8-9)16-7-10-2-3-11(20-10)21(13,17)18/h2-5,8H,6-7H2,1H3,(H2,13,17,18)(H2,14,15,16). The van der Waals surface area contributed by atoms with Crippen LogP contribution in [0.15, 0.2) is 38.2 Å². The maximum atomic E-state index is 11.2. The monoisotopic (exact) mass is 344 g/mol. The van der Waals surface area contributed by atoms with Gasteiger partial charge in [0.25, 0.3) is 0 Å². The highest BCUT2D eigenvalue weighted by molar-refractivity contribution is 7.91. The first-order valence-electron chi connectivity index (χ1n) is 6.06. The molecule has 2 aromatic heterocycles. The fourth-order valence-corrected chi connectivity index (χ4v) is 3.96. The predicted octanol–water partition coefficient (Wildman–Crippen LogP) is 1.32. The van der Waals surface area contributed by atoms with Crippen molar-refractivity contribution < 1.29 is 8.42 Å². The van der Waals surface area contributed by atoms with E-state index in [1.807, 2.05) is 11.4 Å². The van der Waals surface area contributed by atoms with Crippen LogP contribution in [0.4, 0.5) is 0 Å². The Balaban J connectivity index is 1.87. The number of guanidine groups is 1. The molecule has 2 heterocycles. The third kappa shape index (κ3) is 4.81. The lowest BCUT2D eigenvalue weighted by atomic mass is 10.3. The summed E-state index contributed by atoms with van der Waals surface area (Å²) in [5.74, 6) is 0.659. The number of hydrogen-bond donors (Lipinski definition) is 3. The minimum Gasteiger partial charge on any atom is -0.352 e. The topological polar surface area (TPSA) is 96.6 Å². The average molecular weight is 344 g/mol. The molecule has 0 spiro atoms. The average Bonchev–Trinajstić information content (AvgIpc) is 3.09. The largest absolute Gasteiger partial charge is 0.352 e. The number of nitrogens with two attached hydrogens (primary N) is 1. The summed E-state index contributed by atoms with van der Waals surface area (Å²) in [6, 6.07) is 5.30. The van der Waals surface area contributed by atoms with Crippen molar-refractivity contribution in [3.05, 3.63) is 39.4 Å². The maximum Gasteiger partial charge on any atom is 0.247 e. The Hall–Kier alpha value is -1.42. The van der Waals surface area contributed by atoms with Crippen LogP contribution >= 0.6 is 22.7 Å². The minimum atomic E-state index is -3.62. The summed E-state index contributed by atoms with van der Waals surface area (Å²) < 4.78 is 22.6. The van der Waals surface area contributed by atoms with Gasteiger partial charge < -0.3 is 10.6 Å². The molecular formula is C12H16N4O2S3. The summed E-state index contributed by atoms with van der Waals surface area (Å²) in [5.41, 5.74) is 1.19. The fourth-order valence-electron chi connectivity index (χ4n) is 1.58. The summed E-state index contributed by atoms with van der Waals surface area (Å²) in [4.78, 5) is 4.99. The molecule has 9 heteroatoms. The van der Waals surface area contributed by atoms with E-state index in [-0.39, 0.29) is 4.21 Å². The van der Waals surface area contributed by atoms with E-state index in [9.17, 15) is 8.42 Å². The first kappa shape index (κ1) is 16.0. The number of rotatable bonds is 5. The molecule has 114 valence electrons. The van der Waals surface area contributed by atoms with Crippen LogP contribution in [0, 0.1) is 0 Å². The van der Waals surface area contributed by atoms with Gasteiger partial charge in [0.05, 0.1) is 6.54 Å². The smallest absolute Gasteiger partial charge is 0.247 e. The van der Waals surface area contributed by atoms with Gasteiger partial charge in [-0.25, -0.2) is 13.6 Å². The highest BCUT2D eigenvalue weighted by atomic mass is 32.2. The van der Waals surface area contributed by atoms with Crippen LogP contribution in [-0.4, -0.2) is 21.4 Å². The summed E-state index contributed by atoms with van der Waals surface area (Å²) in [5, 5.41) is 15.5. The Bertz CT molecular complexity index is 705. The summed E-state index contributed by atoms with van der Waals surface area (Å²) in [6.45, 7) is 1.18. The molecule has 0 saturated heterocycles. The molecule has 2 rings (SSSR count). The molecule has 0 amide bonds. The summed E-state index contributed by atoms with van der Waals surface area (Å²) in [6.07, 6.45) is 0. The second-order valence-corrected chi connectivity index (χ2v) is 7.91. The van der Waals surface area contributed by atoms with Crippen molar-refractivity contribution in [1.82, 2.24) is 10.6 Å². The highest BCUT2D eigenvalue weighted by Gasteiger charge is 2.11. The number of hydrogen-bond acceptors (Lipinski definition) is 5. The molecule has 4 N–H and O–H groups in total. The second kappa shape index (κ2) is 7.03. The third-order valence-electron chi connectivity index (χ3n) is 2.61. The van der Waals surface area contributed by atoms with Crippen molar-refractivity contribution in [2.75, 3.05) is 7.05 Å². The zero-order valence-corrected chi connectivity index (χ0v) is 13.8. The molecule has 0 aliphatic rings. The van der Waals surface area contributed by atoms with Crippen molar-refractivity contribution >= 4 is 38.7 Å². The van der Waals surface area contributed by atoms with Crippen molar-refractivity contribution in [2.45, 2.75) is 17.3 Å². The normalized spacial score (nSPS) is 12.4. The van der Waals surface area contributed by atoms with Crippen LogP contribution in [0.2, 0.25) is 0 Å². The van der Waals surface area contributed by atoms with Gasteiger partial charge in [-0.3, -0.25) is 4.99 Å². The number of nitrogens with one attached hydrogen (secondary N) is 2. The van der Waals surface area contributed by atoms with Crippen LogP contribution in [0.5, 0.6) is 0 Å². The van der Waals surface area contributed by atoms with Gasteiger partial charge in [0.2, 0.25) is 10.0 Å². The Kier molecular flexibility index (Phi) is 5.34. The maximum absolute atomic E-state index is 11.2. The molecule has 0 bridgehead atoms. The predicted molar refractivity (Wildman–Crippen MR) is 87.0 cm³/mol. The molecule has 0 aromatic carbocycles. The zero-order valence-electron chi connectivity index (χ0n) is 11.4. The lowest BCUT2D eigenvalue weighted by Gasteiger charge is -2.10. The number of sulfonamides is 1. The molecule has 0 unspecified atom stereocenters. The van der Waals surface area contributed by atoms with Gasteiger partial charge in [-0.05, 0) is 34.5 Å². The van der Waals surface area contributed by atoms with E-state index in [4.69, 9.17) is 5.14 Å². The van der Waals surface area contributed by atoms with E-state index in [0.29, 0.717) is 19.0 Å². The first-order valence-corrected chi connectivity index (χ1v) is 9.36. The SMILES string of the molecule is CN=C(NCc1ccsc1)NCc1ccc(S(N)(=O)=O)s1. The first-order chi connectivity index (χ1) is 9.99. The third-order valence-corrected chi connectivity index (χ3v) is 5.87. The second-order valence-electron chi connectivity index (χ2n) is 4.18. The molecule has 0 aliphatic heterocycles. The van der Waals surface area contributed by atoms with Crippen LogP contribution in [0.1, 0.15) is 10.4 Å². The molecule has 0 aliphatic carbocycles. The lowest BCUT2D eigenvalue weighted by Crippen LogP contribution is -2.36. The lowest BCUT2D eigenvalue weighted by molar-refractivity contribution is 0.600. The Labute approximate surface area is 131 Å². The van der Waals surface area contributed by atoms with E-state index in [1.54, 1.807) is 24.5 Å². The molecule has 21 heavy (non-hydrogen) atoms. The number of nitrogens with zero attached hydrogens (tertiary/aromatic N) is 1. The van der Waals surface area contributed by atoms with Gasteiger partial charge in [0.1, 0.15) is 4.21 Å². The number of thiophene rings is 2. The minimum absolute atomic E-state index is 0.167. The molecule has 6 nitrogen and oxygen atoms in total. The highest BCUT2D eigenvalue weighted by Crippen LogP contribution is 2.19. The van der Waals surface area contributed by atoms with Gasteiger partial charge in [-0.1, -0.05) is 0 Å².